The van der Waals surface area contributed by atoms with Crippen molar-refractivity contribution in [1.29, 1.82) is 0 Å². The summed E-state index contributed by atoms with van der Waals surface area (Å²) < 4.78 is 5.56. The van der Waals surface area contributed by atoms with Crippen LogP contribution in [0.5, 0.6) is 0 Å². The Morgan fingerprint density at radius 3 is 2.24 bits per heavy atom. The van der Waals surface area contributed by atoms with Crippen LogP contribution in [0.25, 0.3) is 0 Å². The van der Waals surface area contributed by atoms with Crippen LogP contribution in [0.2, 0.25) is 10.2 Å². The smallest absolute Gasteiger partial charge is 0.238 e. The highest BCUT2D eigenvalue weighted by atomic mass is 35.5. The Labute approximate surface area is 348 Å². The highest BCUT2D eigenvalue weighted by Crippen LogP contribution is 2.69. The number of nitrogens with zero attached hydrogens (tertiary/aromatic N) is 4. The quantitative estimate of drug-likeness (QED) is 0.132. The van der Waals surface area contributed by atoms with Gasteiger partial charge in [-0.2, -0.15) is 0 Å². The van der Waals surface area contributed by atoms with Gasteiger partial charge in [0.15, 0.2) is 0 Å². The van der Waals surface area contributed by atoms with E-state index in [-0.39, 0.29) is 34.3 Å². The number of anilines is 1. The maximum absolute atomic E-state index is 15.9. The van der Waals surface area contributed by atoms with Crippen LogP contribution >= 0.6 is 23.2 Å². The fourth-order valence-electron chi connectivity index (χ4n) is 11.1. The topological polar surface area (TPSA) is 133 Å². The van der Waals surface area contributed by atoms with Crippen molar-refractivity contribution in [3.8, 4) is 0 Å². The Morgan fingerprint density at radius 1 is 0.897 bits per heavy atom. The van der Waals surface area contributed by atoms with Gasteiger partial charge in [-0.1, -0.05) is 116 Å². The lowest BCUT2D eigenvalue weighted by Crippen LogP contribution is -2.64. The predicted octanol–water partition coefficient (Wildman–Crippen LogP) is 9.09. The van der Waals surface area contributed by atoms with E-state index < -0.39 is 35.1 Å². The first-order valence-corrected chi connectivity index (χ1v) is 21.1. The Bertz CT molecular complexity index is 2270. The molecular formula is C46H48Cl2N6O4. The van der Waals surface area contributed by atoms with Gasteiger partial charge in [-0.05, 0) is 91.7 Å². The summed E-state index contributed by atoms with van der Waals surface area (Å²) >= 11 is 13.4. The van der Waals surface area contributed by atoms with Gasteiger partial charge in [0.1, 0.15) is 16.4 Å². The molecule has 5 atom stereocenters. The summed E-state index contributed by atoms with van der Waals surface area (Å²) in [7, 11) is 0. The van der Waals surface area contributed by atoms with Crippen LogP contribution in [0.15, 0.2) is 108 Å². The number of nitrogens with one attached hydrogen (secondary N) is 2. The molecule has 5 aromatic rings. The zero-order chi connectivity index (χ0) is 40.2. The zero-order valence-electron chi connectivity index (χ0n) is 32.7. The van der Waals surface area contributed by atoms with Crippen molar-refractivity contribution in [2.24, 2.45) is 5.41 Å². The van der Waals surface area contributed by atoms with E-state index in [0.29, 0.717) is 40.7 Å². The van der Waals surface area contributed by atoms with E-state index in [1.165, 1.54) is 6.39 Å². The number of carbonyl (C=O) groups excluding carboxylic acids is 2. The van der Waals surface area contributed by atoms with Crippen LogP contribution in [0.4, 0.5) is 5.82 Å². The second kappa shape index (κ2) is 15.2. The van der Waals surface area contributed by atoms with Crippen LogP contribution in [-0.2, 0) is 15.0 Å². The molecule has 9 rings (SSSR count). The number of hydrogen-bond donors (Lipinski definition) is 3. The minimum absolute atomic E-state index is 0.0303. The minimum atomic E-state index is -1.35. The molecular weight excluding hydrogens is 771 g/mol. The van der Waals surface area contributed by atoms with Crippen LogP contribution in [0, 0.1) is 5.41 Å². The molecule has 12 heteroatoms. The standard InChI is InChI=1S/C46H48Cl2N6O4/c1-44(2)22-24-45(25-23-44)46(34-20-21-35(48)51-40(34)52-43(46)57)36(31-14-9-15-32(47)26-31)38(41(56)50-33-18-16-30(17-19-33)42-53-49-27-58-42)54(45)37(28-10-5-3-6-11-28)39(55)29-12-7-4-8-13-29/h3-15,20-21,26-27,30,33,36-39,55H,16-19,22-25H2,1-2H3,(H,50,56)(H,51,52,57)/t30-,33-,36-,37+,38+,39-,46?/m0/s1. The SMILES string of the molecule is CC1(C)CCC2(CC1)N([C@H](c1ccccc1)[C@@H](O)c1ccccc1)[C@@H](C(=O)N[C@H]1CC[C@H](c3nnco3)CC1)[C@H](c1cccc(Cl)c1)C21C(=O)Nc2nc(Cl)ccc21. The number of amides is 2. The monoisotopic (exact) mass is 818 g/mol. The Morgan fingerprint density at radius 2 is 1.59 bits per heavy atom. The van der Waals surface area contributed by atoms with Crippen LogP contribution in [-0.4, -0.2) is 54.6 Å². The molecule has 10 nitrogen and oxygen atoms in total. The highest BCUT2D eigenvalue weighted by molar-refractivity contribution is 6.30. The lowest BCUT2D eigenvalue weighted by atomic mass is 9.53. The predicted molar refractivity (Wildman–Crippen MR) is 222 cm³/mol. The van der Waals surface area contributed by atoms with Crippen LogP contribution < -0.4 is 10.6 Å². The van der Waals surface area contributed by atoms with E-state index >= 15 is 9.59 Å². The largest absolute Gasteiger partial charge is 0.428 e. The van der Waals surface area contributed by atoms with Crippen molar-refractivity contribution in [2.75, 3.05) is 5.32 Å². The minimum Gasteiger partial charge on any atom is -0.428 e. The zero-order valence-corrected chi connectivity index (χ0v) is 34.2. The van der Waals surface area contributed by atoms with Gasteiger partial charge in [0, 0.05) is 34.0 Å². The van der Waals surface area contributed by atoms with Crippen molar-refractivity contribution in [3.05, 3.63) is 142 Å². The van der Waals surface area contributed by atoms with E-state index in [1.807, 2.05) is 91.0 Å². The fourth-order valence-corrected chi connectivity index (χ4v) is 11.4. The number of hydrogen-bond acceptors (Lipinski definition) is 8. The molecule has 2 aromatic heterocycles. The third-order valence-electron chi connectivity index (χ3n) is 13.8. The number of likely N-dealkylation sites (tertiary alicyclic amines) is 1. The first-order chi connectivity index (χ1) is 28.0. The number of aliphatic hydroxyl groups is 1. The number of aliphatic hydroxyl groups excluding tert-OH is 1. The van der Waals surface area contributed by atoms with Gasteiger partial charge in [0.05, 0.1) is 18.2 Å². The number of fused-ring (bicyclic) bond motifs is 3. The summed E-state index contributed by atoms with van der Waals surface area (Å²) in [6.45, 7) is 4.54. The molecule has 4 heterocycles. The molecule has 1 saturated heterocycles. The van der Waals surface area contributed by atoms with Crippen LogP contribution in [0.1, 0.15) is 117 Å². The molecule has 2 spiro atoms. The first-order valence-electron chi connectivity index (χ1n) is 20.4. The van der Waals surface area contributed by atoms with Crippen molar-refractivity contribution in [1.82, 2.24) is 25.4 Å². The average molecular weight is 820 g/mol. The summed E-state index contributed by atoms with van der Waals surface area (Å²) in [5.41, 5.74) is 0.654. The molecule has 2 aliphatic carbocycles. The molecule has 3 aromatic carbocycles. The van der Waals surface area contributed by atoms with Gasteiger partial charge in [-0.15, -0.1) is 10.2 Å². The van der Waals surface area contributed by atoms with Crippen molar-refractivity contribution in [3.63, 3.8) is 0 Å². The Hall–Kier alpha value is -4.61. The summed E-state index contributed by atoms with van der Waals surface area (Å²) in [4.78, 5) is 38.5. The number of aromatic nitrogens is 3. The molecule has 58 heavy (non-hydrogen) atoms. The number of halogens is 2. The Balaban J connectivity index is 1.29. The van der Waals surface area contributed by atoms with Gasteiger partial charge in [0.2, 0.25) is 24.1 Å². The third-order valence-corrected chi connectivity index (χ3v) is 14.2. The van der Waals surface area contributed by atoms with Gasteiger partial charge in [-0.25, -0.2) is 4.98 Å². The highest BCUT2D eigenvalue weighted by Gasteiger charge is 2.77. The number of rotatable bonds is 8. The van der Waals surface area contributed by atoms with Gasteiger partial charge in [0.25, 0.3) is 0 Å². The molecule has 2 amide bonds. The number of carbonyl (C=O) groups is 2. The summed E-state index contributed by atoms with van der Waals surface area (Å²) in [6, 6.07) is 29.0. The van der Waals surface area contributed by atoms with Crippen LogP contribution in [0.3, 0.4) is 0 Å². The third kappa shape index (κ3) is 6.44. The molecule has 4 aliphatic rings. The average Bonchev–Trinajstić information content (AvgIpc) is 3.93. The van der Waals surface area contributed by atoms with Crippen molar-refractivity contribution in [2.45, 2.75) is 112 Å². The molecule has 0 bridgehead atoms. The van der Waals surface area contributed by atoms with Crippen molar-refractivity contribution < 1.29 is 19.1 Å². The van der Waals surface area contributed by atoms with E-state index in [9.17, 15) is 5.11 Å². The molecule has 3 fully saturated rings. The van der Waals surface area contributed by atoms with E-state index in [0.717, 1.165) is 49.7 Å². The molecule has 2 saturated carbocycles. The second-order valence-electron chi connectivity index (χ2n) is 17.4. The summed E-state index contributed by atoms with van der Waals surface area (Å²) in [6.07, 6.45) is 6.02. The second-order valence-corrected chi connectivity index (χ2v) is 18.2. The Kier molecular flexibility index (Phi) is 10.2. The summed E-state index contributed by atoms with van der Waals surface area (Å²) in [5, 5.41) is 28.5. The van der Waals surface area contributed by atoms with Gasteiger partial charge in [-0.3, -0.25) is 14.5 Å². The molecule has 300 valence electrons. The molecule has 0 radical (unpaired) electrons. The fraction of sp³-hybridized carbons (Fsp3) is 0.413. The van der Waals surface area contributed by atoms with E-state index in [1.54, 1.807) is 6.07 Å². The molecule has 2 aliphatic heterocycles. The van der Waals surface area contributed by atoms with Crippen molar-refractivity contribution >= 4 is 40.8 Å². The molecule has 3 N–H and O–H groups in total. The lowest BCUT2D eigenvalue weighted by Gasteiger charge is -2.56. The first kappa shape index (κ1) is 38.9. The summed E-state index contributed by atoms with van der Waals surface area (Å²) in [5.74, 6) is -0.0388. The maximum Gasteiger partial charge on any atom is 0.238 e. The maximum atomic E-state index is 15.9. The normalized spacial score (nSPS) is 27.2. The number of benzene rings is 3. The van der Waals surface area contributed by atoms with Gasteiger partial charge < -0.3 is 20.2 Å². The van der Waals surface area contributed by atoms with E-state index in [2.05, 4.69) is 39.6 Å². The van der Waals surface area contributed by atoms with Gasteiger partial charge >= 0.3 is 0 Å². The molecule has 1 unspecified atom stereocenters. The number of pyridine rings is 1. The van der Waals surface area contributed by atoms with E-state index in [4.69, 9.17) is 32.6 Å². The lowest BCUT2D eigenvalue weighted by molar-refractivity contribution is -0.137.